The van der Waals surface area contributed by atoms with Crippen LogP contribution in [0.4, 0.5) is 13.2 Å². The second-order valence-corrected chi connectivity index (χ2v) is 8.58. The average molecular weight is 505 g/mol. The highest BCUT2D eigenvalue weighted by atomic mass is 19.4. The zero-order valence-electron chi connectivity index (χ0n) is 19.7. The van der Waals surface area contributed by atoms with E-state index < -0.39 is 23.2 Å². The molecule has 0 spiro atoms. The van der Waals surface area contributed by atoms with Crippen LogP contribution in [0.2, 0.25) is 0 Å². The first kappa shape index (κ1) is 25.9. The molecule has 4 rings (SSSR count). The zero-order chi connectivity index (χ0) is 25.7. The molecule has 0 radical (unpaired) electrons. The lowest BCUT2D eigenvalue weighted by atomic mass is 9.93. The van der Waals surface area contributed by atoms with Crippen LogP contribution in [0.3, 0.4) is 0 Å². The van der Waals surface area contributed by atoms with Crippen LogP contribution in [0.5, 0.6) is 0 Å². The number of halogens is 3. The molecule has 3 aromatic rings. The van der Waals surface area contributed by atoms with Crippen LogP contribution in [0.25, 0.3) is 22.0 Å². The Morgan fingerprint density at radius 1 is 0.972 bits per heavy atom. The van der Waals surface area contributed by atoms with Gasteiger partial charge in [-0.2, -0.15) is 13.2 Å². The van der Waals surface area contributed by atoms with Crippen molar-refractivity contribution in [1.82, 2.24) is 10.3 Å². The molecule has 1 aliphatic rings. The summed E-state index contributed by atoms with van der Waals surface area (Å²) in [6, 6.07) is 11.5. The molecular formula is C26H27F3N2O5. The number of H-pyrrole nitrogens is 1. The molecule has 7 nitrogen and oxygen atoms in total. The lowest BCUT2D eigenvalue weighted by molar-refractivity contribution is -0.137. The Morgan fingerprint density at radius 2 is 1.72 bits per heavy atom. The van der Waals surface area contributed by atoms with Crippen molar-refractivity contribution in [2.24, 2.45) is 0 Å². The second-order valence-electron chi connectivity index (χ2n) is 8.58. The number of ether oxygens (including phenoxy) is 3. The largest absolute Gasteiger partial charge is 0.417 e. The summed E-state index contributed by atoms with van der Waals surface area (Å²) < 4.78 is 56.2. The summed E-state index contributed by atoms with van der Waals surface area (Å²) in [7, 11) is 1.60. The Bertz CT molecular complexity index is 1270. The third-order valence-corrected chi connectivity index (χ3v) is 6.10. The van der Waals surface area contributed by atoms with E-state index in [0.717, 1.165) is 6.07 Å². The van der Waals surface area contributed by atoms with Crippen molar-refractivity contribution < 1.29 is 32.2 Å². The number of benzene rings is 2. The fourth-order valence-corrected chi connectivity index (χ4v) is 4.34. The van der Waals surface area contributed by atoms with Crippen LogP contribution in [0.15, 0.2) is 53.3 Å². The first-order valence-corrected chi connectivity index (χ1v) is 11.6. The van der Waals surface area contributed by atoms with Gasteiger partial charge in [-0.3, -0.25) is 9.59 Å². The smallest absolute Gasteiger partial charge is 0.382 e. The Morgan fingerprint density at radius 3 is 2.50 bits per heavy atom. The fourth-order valence-electron chi connectivity index (χ4n) is 4.34. The normalized spacial score (nSPS) is 18.1. The molecule has 1 amide bonds. The summed E-state index contributed by atoms with van der Waals surface area (Å²) >= 11 is 0. The summed E-state index contributed by atoms with van der Waals surface area (Å²) in [6.07, 6.45) is -4.05. The van der Waals surface area contributed by atoms with Gasteiger partial charge in [-0.15, -0.1) is 0 Å². The lowest BCUT2D eigenvalue weighted by Crippen LogP contribution is -2.30. The van der Waals surface area contributed by atoms with Crippen LogP contribution in [-0.4, -0.2) is 57.1 Å². The number of aromatic amines is 1. The van der Waals surface area contributed by atoms with E-state index in [0.29, 0.717) is 55.8 Å². The van der Waals surface area contributed by atoms with Crippen molar-refractivity contribution in [2.75, 3.05) is 40.1 Å². The number of pyridine rings is 1. The average Bonchev–Trinajstić information content (AvgIpc) is 3.23. The van der Waals surface area contributed by atoms with Crippen LogP contribution >= 0.6 is 0 Å². The number of alkyl halides is 3. The number of fused-ring (bicyclic) bond motifs is 1. The van der Waals surface area contributed by atoms with Gasteiger partial charge in [-0.05, 0) is 35.6 Å². The summed E-state index contributed by atoms with van der Waals surface area (Å²) in [4.78, 5) is 28.0. The van der Waals surface area contributed by atoms with Gasteiger partial charge < -0.3 is 24.5 Å². The molecule has 10 heteroatoms. The van der Waals surface area contributed by atoms with Crippen LogP contribution in [-0.2, 0) is 25.2 Å². The third kappa shape index (κ3) is 5.95. The minimum Gasteiger partial charge on any atom is -0.382 e. The molecule has 2 heterocycles. The van der Waals surface area contributed by atoms with Gasteiger partial charge in [0.15, 0.2) is 0 Å². The molecule has 1 aliphatic heterocycles. The summed E-state index contributed by atoms with van der Waals surface area (Å²) in [5.74, 6) is -0.613. The number of nitrogens with one attached hydrogen (secondary N) is 2. The number of aromatic nitrogens is 1. The maximum absolute atomic E-state index is 13.5. The zero-order valence-corrected chi connectivity index (χ0v) is 19.7. The van der Waals surface area contributed by atoms with Crippen LogP contribution in [0.1, 0.15) is 23.5 Å². The van der Waals surface area contributed by atoms with Crippen molar-refractivity contribution in [3.8, 4) is 11.3 Å². The van der Waals surface area contributed by atoms with Gasteiger partial charge in [0, 0.05) is 23.8 Å². The Hall–Kier alpha value is -3.21. The maximum Gasteiger partial charge on any atom is 0.417 e. The summed E-state index contributed by atoms with van der Waals surface area (Å²) in [5.41, 5.74) is -0.702. The van der Waals surface area contributed by atoms with E-state index in [-0.39, 0.29) is 23.2 Å². The van der Waals surface area contributed by atoms with Gasteiger partial charge in [0.1, 0.15) is 0 Å². The highest BCUT2D eigenvalue weighted by Crippen LogP contribution is 2.37. The number of methoxy groups -OCH3 is 1. The molecule has 2 atom stereocenters. The molecule has 1 aromatic heterocycles. The minimum atomic E-state index is -4.56. The fraction of sp³-hybridized carbons (Fsp3) is 0.385. The number of rotatable bonds is 10. The molecule has 0 saturated carbocycles. The van der Waals surface area contributed by atoms with Crippen molar-refractivity contribution >= 4 is 16.7 Å². The molecular weight excluding hydrogens is 477 g/mol. The summed E-state index contributed by atoms with van der Waals surface area (Å²) in [6.45, 7) is 2.16. The molecule has 1 unspecified atom stereocenters. The Balaban J connectivity index is 1.47. The van der Waals surface area contributed by atoms with Crippen molar-refractivity contribution in [3.05, 3.63) is 70.0 Å². The SMILES string of the molecule is COCCOCCOCC1C[C@H](c2ccc3cc(-c4ccccc4C(F)(F)F)[nH]c(=O)c3c2)C(=O)N1. The van der Waals surface area contributed by atoms with E-state index in [1.807, 2.05) is 0 Å². The van der Waals surface area contributed by atoms with Gasteiger partial charge in [0.2, 0.25) is 5.91 Å². The number of carbonyl (C=O) groups is 1. The number of carbonyl (C=O) groups excluding carboxylic acids is 1. The minimum absolute atomic E-state index is 0.0789. The first-order valence-electron chi connectivity index (χ1n) is 11.6. The molecule has 0 bridgehead atoms. The van der Waals surface area contributed by atoms with Crippen LogP contribution in [0, 0.1) is 0 Å². The van der Waals surface area contributed by atoms with E-state index in [1.165, 1.54) is 24.3 Å². The van der Waals surface area contributed by atoms with Crippen LogP contribution < -0.4 is 10.9 Å². The molecule has 192 valence electrons. The van der Waals surface area contributed by atoms with Gasteiger partial charge in [-0.25, -0.2) is 0 Å². The van der Waals surface area contributed by atoms with Gasteiger partial charge in [0.25, 0.3) is 5.56 Å². The Labute approximate surface area is 205 Å². The van der Waals surface area contributed by atoms with Crippen molar-refractivity contribution in [3.63, 3.8) is 0 Å². The lowest BCUT2D eigenvalue weighted by Gasteiger charge is -2.14. The highest BCUT2D eigenvalue weighted by molar-refractivity contribution is 5.90. The number of hydrogen-bond acceptors (Lipinski definition) is 5. The summed E-state index contributed by atoms with van der Waals surface area (Å²) in [5, 5.41) is 3.70. The molecule has 1 fully saturated rings. The van der Waals surface area contributed by atoms with Gasteiger partial charge in [0.05, 0.1) is 50.6 Å². The van der Waals surface area contributed by atoms with E-state index in [9.17, 15) is 22.8 Å². The molecule has 2 N–H and O–H groups in total. The van der Waals surface area contributed by atoms with E-state index in [4.69, 9.17) is 14.2 Å². The number of hydrogen-bond donors (Lipinski definition) is 2. The van der Waals surface area contributed by atoms with Crippen molar-refractivity contribution in [1.29, 1.82) is 0 Å². The molecule has 36 heavy (non-hydrogen) atoms. The van der Waals surface area contributed by atoms with E-state index in [1.54, 1.807) is 25.3 Å². The predicted octanol–water partition coefficient (Wildman–Crippen LogP) is 3.87. The quantitative estimate of drug-likeness (QED) is 0.410. The monoisotopic (exact) mass is 504 g/mol. The Kier molecular flexibility index (Phi) is 8.07. The number of amides is 1. The predicted molar refractivity (Wildman–Crippen MR) is 128 cm³/mol. The maximum atomic E-state index is 13.5. The van der Waals surface area contributed by atoms with E-state index >= 15 is 0 Å². The van der Waals surface area contributed by atoms with E-state index in [2.05, 4.69) is 10.3 Å². The second kappa shape index (κ2) is 11.2. The van der Waals surface area contributed by atoms with Gasteiger partial charge in [-0.1, -0.05) is 30.3 Å². The highest BCUT2D eigenvalue weighted by Gasteiger charge is 2.34. The van der Waals surface area contributed by atoms with Crippen molar-refractivity contribution in [2.45, 2.75) is 24.6 Å². The molecule has 2 aromatic carbocycles. The first-order chi connectivity index (χ1) is 17.3. The molecule has 0 aliphatic carbocycles. The third-order valence-electron chi connectivity index (χ3n) is 6.10. The standard InChI is InChI=1S/C26H27F3N2O5/c1-34-8-9-35-10-11-36-15-18-14-21(24(32)30-18)16-6-7-17-13-23(31-25(33)20(17)12-16)19-4-2-3-5-22(19)26(27,28)29/h2-7,12-13,18,21H,8-11,14-15H2,1H3,(H,30,32)(H,31,33)/t18?,21-/m1/s1. The van der Waals surface area contributed by atoms with Gasteiger partial charge >= 0.3 is 6.18 Å². The molecule has 1 saturated heterocycles. The topological polar surface area (TPSA) is 89.7 Å².